The lowest BCUT2D eigenvalue weighted by Crippen LogP contribution is -2.50. The summed E-state index contributed by atoms with van der Waals surface area (Å²) in [4.78, 5) is 24.2. The first-order valence-electron chi connectivity index (χ1n) is 9.48. The maximum absolute atomic E-state index is 14.4. The second-order valence-electron chi connectivity index (χ2n) is 7.72. The van der Waals surface area contributed by atoms with E-state index < -0.39 is 5.41 Å². The van der Waals surface area contributed by atoms with Gasteiger partial charge in [-0.15, -0.1) is 0 Å². The SMILES string of the molecule is C=C(CC(C)=O)NC(Cc1ccc(C)c(F)c1C)C1(C(=O)OC)CCCC1. The molecular formula is C22H30FNO3. The van der Waals surface area contributed by atoms with E-state index in [1.807, 2.05) is 6.07 Å². The summed E-state index contributed by atoms with van der Waals surface area (Å²) in [7, 11) is 1.40. The van der Waals surface area contributed by atoms with Gasteiger partial charge in [0.2, 0.25) is 0 Å². The van der Waals surface area contributed by atoms with E-state index >= 15 is 0 Å². The van der Waals surface area contributed by atoms with Gasteiger partial charge in [-0.05, 0) is 56.7 Å². The van der Waals surface area contributed by atoms with Crippen LogP contribution in [0, 0.1) is 25.1 Å². The van der Waals surface area contributed by atoms with E-state index in [-0.39, 0.29) is 30.0 Å². The maximum atomic E-state index is 14.4. The van der Waals surface area contributed by atoms with Crippen LogP contribution in [0.5, 0.6) is 0 Å². The number of allylic oxidation sites excluding steroid dienone is 1. The molecule has 5 heteroatoms. The third-order valence-corrected chi connectivity index (χ3v) is 5.71. The molecule has 1 aliphatic carbocycles. The van der Waals surface area contributed by atoms with Crippen molar-refractivity contribution in [3.63, 3.8) is 0 Å². The summed E-state index contributed by atoms with van der Waals surface area (Å²) in [5.74, 6) is -0.465. The number of Topliss-reactive ketones (excluding diaryl/α,β-unsaturated/α-hetero) is 1. The molecule has 0 amide bonds. The van der Waals surface area contributed by atoms with Gasteiger partial charge in [0.05, 0.1) is 12.5 Å². The van der Waals surface area contributed by atoms with E-state index in [1.165, 1.54) is 14.0 Å². The molecule has 0 bridgehead atoms. The summed E-state index contributed by atoms with van der Waals surface area (Å²) in [5.41, 5.74) is 1.93. The van der Waals surface area contributed by atoms with Crippen molar-refractivity contribution in [3.8, 4) is 0 Å². The molecule has 0 aromatic heterocycles. The van der Waals surface area contributed by atoms with Crippen LogP contribution >= 0.6 is 0 Å². The minimum absolute atomic E-state index is 0.00218. The zero-order valence-electron chi connectivity index (χ0n) is 16.8. The molecule has 1 N–H and O–H groups in total. The maximum Gasteiger partial charge on any atom is 0.313 e. The molecule has 0 radical (unpaired) electrons. The highest BCUT2D eigenvalue weighted by atomic mass is 19.1. The molecule has 0 saturated heterocycles. The number of methoxy groups -OCH3 is 1. The summed E-state index contributed by atoms with van der Waals surface area (Å²) in [6, 6.07) is 3.37. The van der Waals surface area contributed by atoms with Crippen molar-refractivity contribution in [2.75, 3.05) is 7.11 Å². The van der Waals surface area contributed by atoms with Crippen molar-refractivity contribution in [2.45, 2.75) is 65.3 Å². The van der Waals surface area contributed by atoms with Crippen LogP contribution in [0.25, 0.3) is 0 Å². The molecule has 1 fully saturated rings. The molecule has 0 heterocycles. The van der Waals surface area contributed by atoms with Gasteiger partial charge < -0.3 is 10.1 Å². The van der Waals surface area contributed by atoms with E-state index in [0.717, 1.165) is 18.4 Å². The van der Waals surface area contributed by atoms with Gasteiger partial charge in [0.25, 0.3) is 0 Å². The molecule has 1 atom stereocenters. The number of benzene rings is 1. The number of rotatable bonds is 8. The fraction of sp³-hybridized carbons (Fsp3) is 0.545. The number of hydrogen-bond donors (Lipinski definition) is 1. The lowest BCUT2D eigenvalue weighted by atomic mass is 9.75. The van der Waals surface area contributed by atoms with Crippen LogP contribution in [0.3, 0.4) is 0 Å². The molecule has 4 nitrogen and oxygen atoms in total. The zero-order chi connectivity index (χ0) is 20.2. The van der Waals surface area contributed by atoms with Crippen LogP contribution in [0.4, 0.5) is 4.39 Å². The Bertz CT molecular complexity index is 735. The van der Waals surface area contributed by atoms with Gasteiger partial charge in [-0.25, -0.2) is 4.39 Å². The van der Waals surface area contributed by atoms with Crippen molar-refractivity contribution in [3.05, 3.63) is 46.9 Å². The highest BCUT2D eigenvalue weighted by molar-refractivity contribution is 5.79. The molecule has 2 rings (SSSR count). The van der Waals surface area contributed by atoms with Crippen LogP contribution in [0.15, 0.2) is 24.4 Å². The number of hydrogen-bond acceptors (Lipinski definition) is 4. The highest BCUT2D eigenvalue weighted by Crippen LogP contribution is 2.44. The van der Waals surface area contributed by atoms with Crippen LogP contribution in [0.2, 0.25) is 0 Å². The van der Waals surface area contributed by atoms with E-state index in [2.05, 4.69) is 11.9 Å². The summed E-state index contributed by atoms with van der Waals surface area (Å²) < 4.78 is 19.5. The van der Waals surface area contributed by atoms with Gasteiger partial charge >= 0.3 is 5.97 Å². The normalized spacial score (nSPS) is 16.6. The average molecular weight is 375 g/mol. The smallest absolute Gasteiger partial charge is 0.313 e. The molecule has 27 heavy (non-hydrogen) atoms. The number of carbonyl (C=O) groups is 2. The number of halogens is 1. The van der Waals surface area contributed by atoms with Crippen LogP contribution in [-0.2, 0) is 20.7 Å². The van der Waals surface area contributed by atoms with Gasteiger partial charge in [0, 0.05) is 18.2 Å². The molecule has 1 aromatic rings. The molecule has 148 valence electrons. The molecule has 0 aliphatic heterocycles. The standard InChI is InChI=1S/C22H30FNO3/c1-14-8-9-18(17(4)20(14)23)13-19(24-15(2)12-16(3)25)22(21(26)27-5)10-6-7-11-22/h8-9,19,24H,2,6-7,10-13H2,1,3-5H3. The Morgan fingerprint density at radius 1 is 1.30 bits per heavy atom. The molecule has 1 aromatic carbocycles. The minimum Gasteiger partial charge on any atom is -0.469 e. The Balaban J connectivity index is 2.40. The third-order valence-electron chi connectivity index (χ3n) is 5.71. The van der Waals surface area contributed by atoms with E-state index in [1.54, 1.807) is 19.9 Å². The fourth-order valence-electron chi connectivity index (χ4n) is 4.19. The number of esters is 1. The van der Waals surface area contributed by atoms with Crippen molar-refractivity contribution in [1.29, 1.82) is 0 Å². The van der Waals surface area contributed by atoms with Gasteiger partial charge in [-0.3, -0.25) is 9.59 Å². The summed E-state index contributed by atoms with van der Waals surface area (Å²) in [6.07, 6.45) is 3.96. The van der Waals surface area contributed by atoms with E-state index in [9.17, 15) is 14.0 Å². The van der Waals surface area contributed by atoms with E-state index in [4.69, 9.17) is 4.74 Å². The molecule has 1 saturated carbocycles. The Morgan fingerprint density at radius 3 is 2.48 bits per heavy atom. The number of nitrogens with one attached hydrogen (secondary N) is 1. The predicted octanol–water partition coefficient (Wildman–Crippen LogP) is 4.17. The zero-order valence-corrected chi connectivity index (χ0v) is 16.8. The Hall–Kier alpha value is -2.17. The number of aryl methyl sites for hydroxylation is 1. The molecule has 1 aliphatic rings. The van der Waals surface area contributed by atoms with Crippen molar-refractivity contribution < 1.29 is 18.7 Å². The number of ether oxygens (including phenoxy) is 1. The quantitative estimate of drug-likeness (QED) is 0.693. The molecular weight excluding hydrogens is 345 g/mol. The molecule has 0 spiro atoms. The lowest BCUT2D eigenvalue weighted by molar-refractivity contribution is -0.154. The largest absolute Gasteiger partial charge is 0.469 e. The van der Waals surface area contributed by atoms with Crippen LogP contribution in [0.1, 0.15) is 55.7 Å². The van der Waals surface area contributed by atoms with Crippen molar-refractivity contribution in [2.24, 2.45) is 5.41 Å². The first-order valence-corrected chi connectivity index (χ1v) is 9.48. The summed E-state index contributed by atoms with van der Waals surface area (Å²) in [6.45, 7) is 8.97. The Kier molecular flexibility index (Phi) is 6.79. The van der Waals surface area contributed by atoms with Crippen molar-refractivity contribution >= 4 is 11.8 Å². The second kappa shape index (κ2) is 8.68. The number of ketones is 1. The average Bonchev–Trinajstić information content (AvgIpc) is 3.11. The van der Waals surface area contributed by atoms with Crippen LogP contribution < -0.4 is 5.32 Å². The van der Waals surface area contributed by atoms with Gasteiger partial charge in [-0.1, -0.05) is 31.6 Å². The highest BCUT2D eigenvalue weighted by Gasteiger charge is 2.49. The second-order valence-corrected chi connectivity index (χ2v) is 7.72. The third kappa shape index (κ3) is 4.57. The van der Waals surface area contributed by atoms with Gasteiger partial charge in [0.1, 0.15) is 11.6 Å². The molecule has 1 unspecified atom stereocenters. The summed E-state index contributed by atoms with van der Waals surface area (Å²) in [5, 5.41) is 3.32. The summed E-state index contributed by atoms with van der Waals surface area (Å²) >= 11 is 0. The van der Waals surface area contributed by atoms with Gasteiger partial charge in [0.15, 0.2) is 0 Å². The van der Waals surface area contributed by atoms with Crippen LogP contribution in [-0.4, -0.2) is 24.9 Å². The van der Waals surface area contributed by atoms with Crippen molar-refractivity contribution in [1.82, 2.24) is 5.32 Å². The lowest BCUT2D eigenvalue weighted by Gasteiger charge is -2.37. The number of carbonyl (C=O) groups excluding carboxylic acids is 2. The van der Waals surface area contributed by atoms with E-state index in [0.29, 0.717) is 36.1 Å². The van der Waals surface area contributed by atoms with Gasteiger partial charge in [-0.2, -0.15) is 0 Å². The Morgan fingerprint density at radius 2 is 1.93 bits per heavy atom. The topological polar surface area (TPSA) is 55.4 Å². The monoisotopic (exact) mass is 375 g/mol. The Labute approximate surface area is 161 Å². The first kappa shape index (κ1) is 21.1. The first-order chi connectivity index (χ1) is 12.7. The fourth-order valence-corrected chi connectivity index (χ4v) is 4.19. The predicted molar refractivity (Wildman–Crippen MR) is 104 cm³/mol. The minimum atomic E-state index is -0.692.